The van der Waals surface area contributed by atoms with E-state index in [1.54, 1.807) is 24.3 Å². The van der Waals surface area contributed by atoms with Crippen LogP contribution in [0.4, 0.5) is 0 Å². The number of fused-ring (bicyclic) bond motifs is 1. The van der Waals surface area contributed by atoms with Gasteiger partial charge >= 0.3 is 0 Å². The van der Waals surface area contributed by atoms with Gasteiger partial charge < -0.3 is 24.9 Å². The number of benzene rings is 1. The van der Waals surface area contributed by atoms with E-state index in [0.717, 1.165) is 15.9 Å². The number of aromatic hydroxyl groups is 1. The summed E-state index contributed by atoms with van der Waals surface area (Å²) in [5.74, 6) is -4.16. The molecule has 1 aromatic carbocycles. The zero-order chi connectivity index (χ0) is 19.0. The number of rotatable bonds is 6. The molecule has 0 saturated carbocycles. The molecule has 1 aliphatic rings. The maximum absolute atomic E-state index is 12.3. The van der Waals surface area contributed by atoms with Crippen LogP contribution in [0.2, 0.25) is 0 Å². The number of thiazole rings is 1. The first kappa shape index (κ1) is 18.0. The summed E-state index contributed by atoms with van der Waals surface area (Å²) in [4.78, 5) is 38.3. The van der Waals surface area contributed by atoms with E-state index in [0.29, 0.717) is 10.6 Å². The van der Waals surface area contributed by atoms with Crippen molar-refractivity contribution >= 4 is 47.0 Å². The normalized spacial score (nSPS) is 14.0. The van der Waals surface area contributed by atoms with Crippen molar-refractivity contribution in [2.24, 2.45) is 4.99 Å². The standard InChI is InChI=1S/C16H12N2O6S2/c19-10(20)6-5-9(15(23)24)18-14(22)12(26-16(18)25)11-7-3-1-2-4-8(7)17-13(11)21/h1-4,9,22H,5-6H2,(H,19,20)(H,23,24)/p-2/t9-/m1/s1. The molecule has 10 heteroatoms. The van der Waals surface area contributed by atoms with Crippen LogP contribution in [-0.2, 0) is 14.4 Å². The van der Waals surface area contributed by atoms with Gasteiger partial charge in [-0.25, -0.2) is 4.99 Å². The van der Waals surface area contributed by atoms with E-state index in [9.17, 15) is 29.7 Å². The molecular weight excluding hydrogens is 380 g/mol. The van der Waals surface area contributed by atoms with Crippen molar-refractivity contribution in [3.8, 4) is 5.88 Å². The van der Waals surface area contributed by atoms with Crippen LogP contribution in [0.1, 0.15) is 23.8 Å². The smallest absolute Gasteiger partial charge is 0.279 e. The van der Waals surface area contributed by atoms with E-state index in [4.69, 9.17) is 12.2 Å². The second kappa shape index (κ2) is 6.81. The van der Waals surface area contributed by atoms with E-state index in [-0.39, 0.29) is 20.8 Å². The number of carboxylic acids is 2. The van der Waals surface area contributed by atoms with Crippen molar-refractivity contribution in [1.82, 2.24) is 4.57 Å². The zero-order valence-electron chi connectivity index (χ0n) is 13.0. The average molecular weight is 390 g/mol. The third kappa shape index (κ3) is 3.04. The minimum absolute atomic E-state index is 0.0327. The molecule has 2 heterocycles. The Hall–Kier alpha value is -2.85. The van der Waals surface area contributed by atoms with Crippen LogP contribution in [0.3, 0.4) is 0 Å². The fraction of sp³-hybridized carbons (Fsp3) is 0.188. The maximum atomic E-state index is 12.3. The number of nitrogens with zero attached hydrogens (tertiary/aromatic N) is 2. The largest absolute Gasteiger partial charge is 0.550 e. The van der Waals surface area contributed by atoms with Crippen molar-refractivity contribution in [2.75, 3.05) is 0 Å². The van der Waals surface area contributed by atoms with Crippen LogP contribution >= 0.6 is 23.6 Å². The number of amides is 1. The van der Waals surface area contributed by atoms with E-state index in [2.05, 4.69) is 4.99 Å². The first-order valence-corrected chi connectivity index (χ1v) is 8.61. The highest BCUT2D eigenvalue weighted by Gasteiger charge is 2.27. The Morgan fingerprint density at radius 1 is 1.31 bits per heavy atom. The molecule has 8 nitrogen and oxygen atoms in total. The van der Waals surface area contributed by atoms with Crippen molar-refractivity contribution in [1.29, 1.82) is 0 Å². The molecule has 1 amide bonds. The lowest BCUT2D eigenvalue weighted by Gasteiger charge is -2.20. The third-order valence-electron chi connectivity index (χ3n) is 3.86. The summed E-state index contributed by atoms with van der Waals surface area (Å²) in [5.41, 5.74) is 0.116. The predicted octanol–water partition coefficient (Wildman–Crippen LogP) is -1.84. The molecule has 1 atom stereocenters. The molecule has 2 aromatic rings. The molecule has 0 unspecified atom stereocenters. The highest BCUT2D eigenvalue weighted by Crippen LogP contribution is 2.35. The number of hydrogen-bond acceptors (Lipinski definition) is 8. The molecule has 0 fully saturated rings. The number of hydrogen-bond donors (Lipinski definition) is 1. The Kier molecular flexibility index (Phi) is 4.70. The SMILES string of the molecule is O=C([O-])CC[C@H](C(=O)[O-])n1c(O)c(C2=c3ccccc3=NC2=O)sc1=S. The Balaban J connectivity index is 2.17. The van der Waals surface area contributed by atoms with Gasteiger partial charge in [-0.3, -0.25) is 9.36 Å². The Morgan fingerprint density at radius 3 is 2.65 bits per heavy atom. The summed E-state index contributed by atoms with van der Waals surface area (Å²) in [7, 11) is 0. The molecule has 1 aliphatic heterocycles. The highest BCUT2D eigenvalue weighted by atomic mass is 32.1. The van der Waals surface area contributed by atoms with Crippen LogP contribution in [0.15, 0.2) is 29.3 Å². The molecule has 0 radical (unpaired) electrons. The summed E-state index contributed by atoms with van der Waals surface area (Å²) in [6.07, 6.45) is -0.939. The lowest BCUT2D eigenvalue weighted by molar-refractivity contribution is -0.312. The number of carboxylic acid groups (broad SMARTS) is 2. The minimum atomic E-state index is -1.60. The lowest BCUT2D eigenvalue weighted by Crippen LogP contribution is -2.34. The summed E-state index contributed by atoms with van der Waals surface area (Å²) in [5, 5.41) is 33.5. The van der Waals surface area contributed by atoms with Crippen LogP contribution in [-0.4, -0.2) is 27.5 Å². The van der Waals surface area contributed by atoms with Gasteiger partial charge in [-0.2, -0.15) is 0 Å². The fourth-order valence-corrected chi connectivity index (χ4v) is 4.14. The quantitative estimate of drug-likeness (QED) is 0.573. The van der Waals surface area contributed by atoms with Crippen LogP contribution in [0, 0.1) is 3.95 Å². The number of aromatic nitrogens is 1. The molecule has 0 saturated heterocycles. The monoisotopic (exact) mass is 390 g/mol. The zero-order valence-corrected chi connectivity index (χ0v) is 14.6. The van der Waals surface area contributed by atoms with Gasteiger partial charge in [-0.05, 0) is 31.1 Å². The predicted molar refractivity (Wildman–Crippen MR) is 87.8 cm³/mol. The van der Waals surface area contributed by atoms with Gasteiger partial charge in [0.25, 0.3) is 5.91 Å². The fourth-order valence-electron chi connectivity index (χ4n) is 2.71. The van der Waals surface area contributed by atoms with E-state index in [1.165, 1.54) is 0 Å². The number of carbonyl (C=O) groups is 3. The molecule has 0 bridgehead atoms. The summed E-state index contributed by atoms with van der Waals surface area (Å²) in [6, 6.07) is 5.19. The summed E-state index contributed by atoms with van der Waals surface area (Å²) >= 11 is 5.96. The Labute approximate surface area is 155 Å². The van der Waals surface area contributed by atoms with Crippen molar-refractivity contribution in [2.45, 2.75) is 18.9 Å². The van der Waals surface area contributed by atoms with E-state index >= 15 is 0 Å². The Bertz CT molecular complexity index is 1110. The van der Waals surface area contributed by atoms with Gasteiger partial charge in [0.2, 0.25) is 5.88 Å². The molecule has 0 spiro atoms. The molecule has 1 N–H and O–H groups in total. The first-order chi connectivity index (χ1) is 12.3. The second-order valence-corrected chi connectivity index (χ2v) is 7.09. The number of carbonyl (C=O) groups excluding carboxylic acids is 3. The number of aliphatic carboxylic acids is 2. The molecule has 26 heavy (non-hydrogen) atoms. The third-order valence-corrected chi connectivity index (χ3v) is 5.27. The van der Waals surface area contributed by atoms with Crippen molar-refractivity contribution in [3.05, 3.63) is 43.7 Å². The first-order valence-electron chi connectivity index (χ1n) is 7.39. The molecule has 0 aliphatic carbocycles. The molecule has 3 rings (SSSR count). The lowest BCUT2D eigenvalue weighted by atomic mass is 10.1. The summed E-state index contributed by atoms with van der Waals surface area (Å²) in [6.45, 7) is 0. The topological polar surface area (TPSA) is 135 Å². The van der Waals surface area contributed by atoms with Crippen molar-refractivity contribution in [3.63, 3.8) is 0 Å². The molecule has 1 aromatic heterocycles. The van der Waals surface area contributed by atoms with Crippen LogP contribution in [0.5, 0.6) is 5.88 Å². The van der Waals surface area contributed by atoms with Gasteiger partial charge in [-0.15, -0.1) is 11.3 Å². The van der Waals surface area contributed by atoms with Gasteiger partial charge in [0.05, 0.1) is 22.9 Å². The van der Waals surface area contributed by atoms with E-state index in [1.807, 2.05) is 0 Å². The number of para-hydroxylation sites is 1. The van der Waals surface area contributed by atoms with Gasteiger partial charge in [0, 0.05) is 11.2 Å². The highest BCUT2D eigenvalue weighted by molar-refractivity contribution is 7.73. The average Bonchev–Trinajstić information content (AvgIpc) is 3.04. The van der Waals surface area contributed by atoms with Crippen LogP contribution in [0.25, 0.3) is 5.57 Å². The van der Waals surface area contributed by atoms with E-state index < -0.39 is 36.2 Å². The van der Waals surface area contributed by atoms with Crippen molar-refractivity contribution < 1.29 is 29.7 Å². The second-order valence-electron chi connectivity index (χ2n) is 5.45. The maximum Gasteiger partial charge on any atom is 0.279 e. The molecular formula is C16H10N2O6S2-2. The molecule has 134 valence electrons. The van der Waals surface area contributed by atoms with Gasteiger partial charge in [0.15, 0.2) is 3.95 Å². The summed E-state index contributed by atoms with van der Waals surface area (Å²) < 4.78 is 0.851. The van der Waals surface area contributed by atoms with Gasteiger partial charge in [0.1, 0.15) is 4.88 Å². The van der Waals surface area contributed by atoms with Crippen LogP contribution < -0.4 is 20.8 Å². The minimum Gasteiger partial charge on any atom is -0.550 e. The van der Waals surface area contributed by atoms with Gasteiger partial charge in [-0.1, -0.05) is 18.2 Å². The Morgan fingerprint density at radius 2 is 2.00 bits per heavy atom.